The van der Waals surface area contributed by atoms with Gasteiger partial charge in [0.05, 0.1) is 13.7 Å². The van der Waals surface area contributed by atoms with Gasteiger partial charge in [-0.3, -0.25) is 14.5 Å². The zero-order chi connectivity index (χ0) is 21.0. The van der Waals surface area contributed by atoms with Crippen molar-refractivity contribution in [1.29, 1.82) is 0 Å². The first-order chi connectivity index (χ1) is 13.8. The second-order valence-corrected chi connectivity index (χ2v) is 8.97. The van der Waals surface area contributed by atoms with Crippen molar-refractivity contribution in [2.45, 2.75) is 30.7 Å². The summed E-state index contributed by atoms with van der Waals surface area (Å²) >= 11 is 0. The molecule has 2 amide bonds. The van der Waals surface area contributed by atoms with E-state index in [9.17, 15) is 18.0 Å². The number of amides is 2. The van der Waals surface area contributed by atoms with Gasteiger partial charge in [0.15, 0.2) is 0 Å². The summed E-state index contributed by atoms with van der Waals surface area (Å²) in [4.78, 5) is 28.3. The lowest BCUT2D eigenvalue weighted by Crippen LogP contribution is -2.51. The van der Waals surface area contributed by atoms with Gasteiger partial charge in [-0.1, -0.05) is 0 Å². The van der Waals surface area contributed by atoms with Crippen LogP contribution in [0, 0.1) is 0 Å². The van der Waals surface area contributed by atoms with E-state index < -0.39 is 10.0 Å². The Morgan fingerprint density at radius 1 is 1.17 bits per heavy atom. The number of nitrogens with one attached hydrogen (secondary N) is 2. The Kier molecular flexibility index (Phi) is 6.76. The lowest BCUT2D eigenvalue weighted by atomic mass is 10.1. The second-order valence-electron chi connectivity index (χ2n) is 7.28. The molecule has 9 nitrogen and oxygen atoms in total. The van der Waals surface area contributed by atoms with Gasteiger partial charge in [-0.2, -0.15) is 0 Å². The highest BCUT2D eigenvalue weighted by atomic mass is 32.2. The minimum atomic E-state index is -3.75. The first-order valence-corrected chi connectivity index (χ1v) is 11.3. The number of sulfonamides is 1. The van der Waals surface area contributed by atoms with Gasteiger partial charge in [0.25, 0.3) is 5.91 Å². The average Bonchev–Trinajstić information content (AvgIpc) is 3.51. The van der Waals surface area contributed by atoms with Gasteiger partial charge in [0.1, 0.15) is 10.6 Å². The smallest absolute Gasteiger partial charge is 0.253 e. The summed E-state index contributed by atoms with van der Waals surface area (Å²) in [6.07, 6.45) is 1.64. The zero-order valence-corrected chi connectivity index (χ0v) is 17.6. The van der Waals surface area contributed by atoms with Crippen molar-refractivity contribution in [3.63, 3.8) is 0 Å². The predicted octanol–water partition coefficient (Wildman–Crippen LogP) is 0.0298. The fourth-order valence-corrected chi connectivity index (χ4v) is 4.75. The van der Waals surface area contributed by atoms with E-state index in [-0.39, 0.29) is 28.5 Å². The number of hydrogen-bond acceptors (Lipinski definition) is 6. The van der Waals surface area contributed by atoms with Crippen molar-refractivity contribution in [2.75, 3.05) is 46.4 Å². The molecule has 160 valence electrons. The molecular weight excluding hydrogens is 396 g/mol. The number of hydrogen-bond donors (Lipinski definition) is 2. The third-order valence-electron chi connectivity index (χ3n) is 5.00. The van der Waals surface area contributed by atoms with Crippen molar-refractivity contribution in [3.05, 3.63) is 23.8 Å². The molecule has 2 N–H and O–H groups in total. The molecule has 0 unspecified atom stereocenters. The molecule has 29 heavy (non-hydrogen) atoms. The van der Waals surface area contributed by atoms with Crippen LogP contribution in [0.1, 0.15) is 30.1 Å². The van der Waals surface area contributed by atoms with Crippen LogP contribution in [0.5, 0.6) is 5.75 Å². The molecular formula is C19H28N4O5S. The molecule has 0 radical (unpaired) electrons. The molecule has 1 aliphatic heterocycles. The third-order valence-corrected chi connectivity index (χ3v) is 6.54. The molecule has 2 aliphatic rings. The minimum Gasteiger partial charge on any atom is -0.495 e. The van der Waals surface area contributed by atoms with Crippen LogP contribution in [-0.2, 0) is 14.8 Å². The summed E-state index contributed by atoms with van der Waals surface area (Å²) in [5.41, 5.74) is 0.305. The fraction of sp³-hybridized carbons (Fsp3) is 0.579. The van der Waals surface area contributed by atoms with Gasteiger partial charge in [0, 0.05) is 44.3 Å². The summed E-state index contributed by atoms with van der Waals surface area (Å²) in [5.74, 6) is -0.0462. The van der Waals surface area contributed by atoms with Crippen LogP contribution in [0.2, 0.25) is 0 Å². The standard InChI is InChI=1S/C19H28N4O5S/c1-3-20-18(24)13-22-8-10-23(11-9-22)19(25)14-4-7-16(28-2)17(12-14)29(26,27)21-15-5-6-15/h4,7,12,15,21H,3,5-6,8-11,13H2,1-2H3,(H,20,24). The summed E-state index contributed by atoms with van der Waals surface area (Å²) < 4.78 is 33.1. The van der Waals surface area contributed by atoms with E-state index >= 15 is 0 Å². The van der Waals surface area contributed by atoms with Crippen molar-refractivity contribution in [2.24, 2.45) is 0 Å². The minimum absolute atomic E-state index is 0.0207. The van der Waals surface area contributed by atoms with Crippen LogP contribution in [-0.4, -0.2) is 82.5 Å². The number of ether oxygens (including phenoxy) is 1. The van der Waals surface area contributed by atoms with Crippen LogP contribution >= 0.6 is 0 Å². The molecule has 0 aromatic heterocycles. The summed E-state index contributed by atoms with van der Waals surface area (Å²) in [6.45, 7) is 4.92. The van der Waals surface area contributed by atoms with E-state index in [0.717, 1.165) is 12.8 Å². The van der Waals surface area contributed by atoms with Gasteiger partial charge in [-0.15, -0.1) is 0 Å². The first kappa shape index (κ1) is 21.5. The van der Waals surface area contributed by atoms with Crippen LogP contribution in [0.3, 0.4) is 0 Å². The molecule has 0 bridgehead atoms. The number of nitrogens with zero attached hydrogens (tertiary/aromatic N) is 2. The molecule has 0 spiro atoms. The molecule has 1 aromatic rings. The molecule has 1 saturated heterocycles. The molecule has 3 rings (SSSR count). The van der Waals surface area contributed by atoms with Crippen LogP contribution < -0.4 is 14.8 Å². The number of benzene rings is 1. The fourth-order valence-electron chi connectivity index (χ4n) is 3.25. The number of methoxy groups -OCH3 is 1. The molecule has 10 heteroatoms. The van der Waals surface area contributed by atoms with Crippen molar-refractivity contribution < 1.29 is 22.7 Å². The van der Waals surface area contributed by atoms with E-state index in [1.807, 2.05) is 11.8 Å². The summed E-state index contributed by atoms with van der Waals surface area (Å²) in [7, 11) is -2.35. The predicted molar refractivity (Wildman–Crippen MR) is 107 cm³/mol. The lowest BCUT2D eigenvalue weighted by Gasteiger charge is -2.34. The molecule has 2 fully saturated rings. The van der Waals surface area contributed by atoms with Crippen LogP contribution in [0.25, 0.3) is 0 Å². The first-order valence-electron chi connectivity index (χ1n) is 9.82. The molecule has 1 aliphatic carbocycles. The number of rotatable bonds is 8. The Bertz CT molecular complexity index is 861. The summed E-state index contributed by atoms with van der Waals surface area (Å²) in [6, 6.07) is 4.44. The third kappa shape index (κ3) is 5.46. The quantitative estimate of drug-likeness (QED) is 0.610. The van der Waals surface area contributed by atoms with Gasteiger partial charge in [0.2, 0.25) is 15.9 Å². The van der Waals surface area contributed by atoms with E-state index in [2.05, 4.69) is 10.0 Å². The maximum absolute atomic E-state index is 12.9. The number of piperazine rings is 1. The molecule has 1 saturated carbocycles. The van der Waals surface area contributed by atoms with Crippen LogP contribution in [0.15, 0.2) is 23.1 Å². The highest BCUT2D eigenvalue weighted by Gasteiger charge is 2.31. The van der Waals surface area contributed by atoms with Crippen molar-refractivity contribution >= 4 is 21.8 Å². The number of carbonyl (C=O) groups excluding carboxylic acids is 2. The van der Waals surface area contributed by atoms with Gasteiger partial charge in [-0.05, 0) is 38.0 Å². The Balaban J connectivity index is 1.68. The normalized spacial score (nSPS) is 17.8. The van der Waals surface area contributed by atoms with Crippen molar-refractivity contribution in [1.82, 2.24) is 19.8 Å². The van der Waals surface area contributed by atoms with Gasteiger partial charge in [-0.25, -0.2) is 13.1 Å². The van der Waals surface area contributed by atoms with E-state index in [0.29, 0.717) is 44.8 Å². The Labute approximate surface area is 171 Å². The monoisotopic (exact) mass is 424 g/mol. The maximum atomic E-state index is 12.9. The van der Waals surface area contributed by atoms with Crippen molar-refractivity contribution in [3.8, 4) is 5.75 Å². The average molecular weight is 425 g/mol. The van der Waals surface area contributed by atoms with Gasteiger partial charge < -0.3 is 15.0 Å². The summed E-state index contributed by atoms with van der Waals surface area (Å²) in [5, 5.41) is 2.77. The maximum Gasteiger partial charge on any atom is 0.253 e. The second kappa shape index (κ2) is 9.10. The number of likely N-dealkylation sites (N-methyl/N-ethyl adjacent to an activating group) is 1. The van der Waals surface area contributed by atoms with Crippen LogP contribution in [0.4, 0.5) is 0 Å². The van der Waals surface area contributed by atoms with E-state index in [1.54, 1.807) is 11.0 Å². The van der Waals surface area contributed by atoms with E-state index in [1.165, 1.54) is 19.2 Å². The Morgan fingerprint density at radius 3 is 2.45 bits per heavy atom. The lowest BCUT2D eigenvalue weighted by molar-refractivity contribution is -0.122. The topological polar surface area (TPSA) is 108 Å². The zero-order valence-electron chi connectivity index (χ0n) is 16.8. The largest absolute Gasteiger partial charge is 0.495 e. The molecule has 1 aromatic carbocycles. The highest BCUT2D eigenvalue weighted by Crippen LogP contribution is 2.28. The highest BCUT2D eigenvalue weighted by molar-refractivity contribution is 7.89. The Morgan fingerprint density at radius 2 is 1.86 bits per heavy atom. The SMILES string of the molecule is CCNC(=O)CN1CCN(C(=O)c2ccc(OC)c(S(=O)(=O)NC3CC3)c2)CC1. The van der Waals surface area contributed by atoms with E-state index in [4.69, 9.17) is 4.74 Å². The molecule has 1 heterocycles. The number of carbonyl (C=O) groups is 2. The van der Waals surface area contributed by atoms with Gasteiger partial charge >= 0.3 is 0 Å². The Hall–Kier alpha value is -2.17. The molecule has 0 atom stereocenters.